The molecule has 4 N–H and O–H groups in total. The molecular weight excluding hydrogens is 208 g/mol. The summed E-state index contributed by atoms with van der Waals surface area (Å²) in [6, 6.07) is 7.10. The topological polar surface area (TPSA) is 92.7 Å². The Balaban J connectivity index is 3.09. The second kappa shape index (κ2) is 5.01. The first-order chi connectivity index (χ1) is 7.57. The van der Waals surface area contributed by atoms with Crippen molar-refractivity contribution >= 4 is 17.7 Å². The highest BCUT2D eigenvalue weighted by atomic mass is 16.2. The molecule has 0 fully saturated rings. The Morgan fingerprint density at radius 3 is 2.06 bits per heavy atom. The number of rotatable bonds is 2. The van der Waals surface area contributed by atoms with E-state index in [2.05, 4.69) is 0 Å². The summed E-state index contributed by atoms with van der Waals surface area (Å²) >= 11 is 0. The van der Waals surface area contributed by atoms with E-state index in [1.54, 1.807) is 37.3 Å². The van der Waals surface area contributed by atoms with Crippen molar-refractivity contribution in [3.8, 4) is 0 Å². The maximum Gasteiger partial charge on any atom is 0.338 e. The van der Waals surface area contributed by atoms with Crippen LogP contribution in [0.3, 0.4) is 0 Å². The molecule has 0 saturated carbocycles. The highest BCUT2D eigenvalue weighted by molar-refractivity contribution is 5.93. The number of urea groups is 2. The van der Waals surface area contributed by atoms with Crippen LogP contribution in [-0.2, 0) is 0 Å². The van der Waals surface area contributed by atoms with Crippen molar-refractivity contribution in [3.63, 3.8) is 0 Å². The van der Waals surface area contributed by atoms with E-state index in [0.29, 0.717) is 5.69 Å². The van der Waals surface area contributed by atoms with E-state index in [0.717, 1.165) is 10.0 Å². The largest absolute Gasteiger partial charge is 0.350 e. The molecule has 0 aliphatic rings. The summed E-state index contributed by atoms with van der Waals surface area (Å²) in [7, 11) is 0. The molecule has 1 aromatic carbocycles. The zero-order valence-corrected chi connectivity index (χ0v) is 8.96. The highest BCUT2D eigenvalue weighted by Crippen LogP contribution is 2.15. The fraction of sp³-hybridized carbons (Fsp3) is 0.200. The van der Waals surface area contributed by atoms with Crippen molar-refractivity contribution in [2.45, 2.75) is 6.92 Å². The Morgan fingerprint density at radius 1 is 1.12 bits per heavy atom. The Hall–Kier alpha value is -2.24. The van der Waals surface area contributed by atoms with E-state index in [-0.39, 0.29) is 6.54 Å². The van der Waals surface area contributed by atoms with Crippen molar-refractivity contribution < 1.29 is 9.59 Å². The maximum atomic E-state index is 11.3. The average molecular weight is 222 g/mol. The number of amides is 4. The summed E-state index contributed by atoms with van der Waals surface area (Å²) in [5, 5.41) is 2.11. The molecular formula is C10H14N4O2. The molecule has 0 saturated heterocycles. The molecule has 0 aromatic heterocycles. The third-order valence-corrected chi connectivity index (χ3v) is 2.00. The number of hydrogen-bond acceptors (Lipinski definition) is 2. The number of hydrazine groups is 1. The van der Waals surface area contributed by atoms with E-state index in [9.17, 15) is 9.59 Å². The number of carbonyl (C=O) groups is 2. The number of hydrogen-bond donors (Lipinski definition) is 2. The lowest BCUT2D eigenvalue weighted by molar-refractivity contribution is 0.199. The van der Waals surface area contributed by atoms with Crippen LogP contribution >= 0.6 is 0 Å². The first-order valence-corrected chi connectivity index (χ1v) is 4.79. The van der Waals surface area contributed by atoms with Crippen molar-refractivity contribution in [2.24, 2.45) is 11.5 Å². The van der Waals surface area contributed by atoms with Gasteiger partial charge in [-0.05, 0) is 19.1 Å². The van der Waals surface area contributed by atoms with Crippen LogP contribution < -0.4 is 16.5 Å². The molecule has 1 rings (SSSR count). The molecule has 86 valence electrons. The van der Waals surface area contributed by atoms with Gasteiger partial charge in [-0.3, -0.25) is 0 Å². The van der Waals surface area contributed by atoms with Gasteiger partial charge < -0.3 is 11.5 Å². The van der Waals surface area contributed by atoms with Crippen molar-refractivity contribution in [3.05, 3.63) is 30.3 Å². The normalized spacial score (nSPS) is 9.56. The smallest absolute Gasteiger partial charge is 0.338 e. The van der Waals surface area contributed by atoms with Gasteiger partial charge in [0.15, 0.2) is 0 Å². The summed E-state index contributed by atoms with van der Waals surface area (Å²) in [4.78, 5) is 22.5. The molecule has 1 aromatic rings. The first-order valence-electron chi connectivity index (χ1n) is 4.79. The lowest BCUT2D eigenvalue weighted by atomic mass is 10.3. The summed E-state index contributed by atoms with van der Waals surface area (Å²) in [5.41, 5.74) is 10.9. The molecule has 0 aliphatic carbocycles. The van der Waals surface area contributed by atoms with E-state index >= 15 is 0 Å². The van der Waals surface area contributed by atoms with Gasteiger partial charge in [-0.1, -0.05) is 18.2 Å². The Kier molecular flexibility index (Phi) is 3.71. The van der Waals surface area contributed by atoms with E-state index < -0.39 is 12.1 Å². The summed E-state index contributed by atoms with van der Waals surface area (Å²) in [5.74, 6) is 0. The first kappa shape index (κ1) is 11.8. The van der Waals surface area contributed by atoms with Crippen LogP contribution in [0.25, 0.3) is 0 Å². The predicted molar refractivity (Wildman–Crippen MR) is 60.5 cm³/mol. The van der Waals surface area contributed by atoms with Crippen molar-refractivity contribution in [1.82, 2.24) is 5.01 Å². The summed E-state index contributed by atoms with van der Waals surface area (Å²) < 4.78 is 0. The Labute approximate surface area is 93.4 Å². The van der Waals surface area contributed by atoms with Gasteiger partial charge in [0.1, 0.15) is 0 Å². The summed E-state index contributed by atoms with van der Waals surface area (Å²) in [6.45, 7) is 1.96. The van der Waals surface area contributed by atoms with Gasteiger partial charge in [-0.15, -0.1) is 0 Å². The second-order valence-corrected chi connectivity index (χ2v) is 3.04. The standard InChI is InChI=1S/C10H14N4O2/c1-2-13(9(11)15)14(10(12)16)8-6-4-3-5-7-8/h3-7H,2H2,1H3,(H2,11,15)(H2,12,16). The number of primary amides is 2. The van der Waals surface area contributed by atoms with Crippen LogP contribution in [0, 0.1) is 0 Å². The zero-order valence-electron chi connectivity index (χ0n) is 8.96. The highest BCUT2D eigenvalue weighted by Gasteiger charge is 2.22. The maximum absolute atomic E-state index is 11.3. The Bertz CT molecular complexity index is 380. The van der Waals surface area contributed by atoms with Gasteiger partial charge in [0.05, 0.1) is 5.69 Å². The van der Waals surface area contributed by atoms with Crippen LogP contribution in [0.1, 0.15) is 6.92 Å². The van der Waals surface area contributed by atoms with Gasteiger partial charge >= 0.3 is 12.1 Å². The van der Waals surface area contributed by atoms with Gasteiger partial charge in [0.2, 0.25) is 0 Å². The fourth-order valence-electron chi connectivity index (χ4n) is 1.35. The lowest BCUT2D eigenvalue weighted by Crippen LogP contribution is -2.54. The molecule has 0 unspecified atom stereocenters. The number of para-hydroxylation sites is 1. The quantitative estimate of drug-likeness (QED) is 0.727. The molecule has 0 aliphatic heterocycles. The van der Waals surface area contributed by atoms with E-state index in [1.165, 1.54) is 0 Å². The SMILES string of the molecule is CCN(C(N)=O)N(C(N)=O)c1ccccc1. The van der Waals surface area contributed by atoms with Crippen molar-refractivity contribution in [2.75, 3.05) is 11.6 Å². The number of carbonyl (C=O) groups excluding carboxylic acids is 2. The van der Waals surface area contributed by atoms with Crippen LogP contribution in [-0.4, -0.2) is 23.6 Å². The van der Waals surface area contributed by atoms with Crippen LogP contribution in [0.4, 0.5) is 15.3 Å². The third kappa shape index (κ3) is 2.41. The number of nitrogens with two attached hydrogens (primary N) is 2. The summed E-state index contributed by atoms with van der Waals surface area (Å²) in [6.07, 6.45) is 0. The number of nitrogens with zero attached hydrogens (tertiary/aromatic N) is 2. The van der Waals surface area contributed by atoms with Gasteiger partial charge in [-0.2, -0.15) is 5.01 Å². The zero-order chi connectivity index (χ0) is 12.1. The van der Waals surface area contributed by atoms with Crippen LogP contribution in [0.5, 0.6) is 0 Å². The molecule has 0 spiro atoms. The predicted octanol–water partition coefficient (Wildman–Crippen LogP) is 0.887. The third-order valence-electron chi connectivity index (χ3n) is 2.00. The second-order valence-electron chi connectivity index (χ2n) is 3.04. The molecule has 0 heterocycles. The van der Waals surface area contributed by atoms with Gasteiger partial charge in [0, 0.05) is 6.54 Å². The minimum absolute atomic E-state index is 0.257. The molecule has 0 bridgehead atoms. The number of benzene rings is 1. The monoisotopic (exact) mass is 222 g/mol. The minimum Gasteiger partial charge on any atom is -0.350 e. The molecule has 6 heteroatoms. The van der Waals surface area contributed by atoms with E-state index in [1.807, 2.05) is 0 Å². The van der Waals surface area contributed by atoms with E-state index in [4.69, 9.17) is 11.5 Å². The molecule has 16 heavy (non-hydrogen) atoms. The fourth-order valence-corrected chi connectivity index (χ4v) is 1.35. The molecule has 6 nitrogen and oxygen atoms in total. The van der Waals surface area contributed by atoms with Crippen LogP contribution in [0.15, 0.2) is 30.3 Å². The average Bonchev–Trinajstić information content (AvgIpc) is 2.25. The van der Waals surface area contributed by atoms with Crippen LogP contribution in [0.2, 0.25) is 0 Å². The van der Waals surface area contributed by atoms with Crippen molar-refractivity contribution in [1.29, 1.82) is 0 Å². The van der Waals surface area contributed by atoms with Gasteiger partial charge in [-0.25, -0.2) is 14.6 Å². The van der Waals surface area contributed by atoms with Gasteiger partial charge in [0.25, 0.3) is 0 Å². The molecule has 0 radical (unpaired) electrons. The molecule has 0 atom stereocenters. The number of anilines is 1. The minimum atomic E-state index is -0.758. The Morgan fingerprint density at radius 2 is 1.69 bits per heavy atom. The lowest BCUT2D eigenvalue weighted by Gasteiger charge is -2.31. The molecule has 4 amide bonds.